The molecular weight excluding hydrogens is 342 g/mol. The van der Waals surface area contributed by atoms with E-state index in [-0.39, 0.29) is 24.5 Å². The van der Waals surface area contributed by atoms with Crippen LogP contribution in [0.2, 0.25) is 0 Å². The molecule has 3 rings (SSSR count). The predicted molar refractivity (Wildman–Crippen MR) is 105 cm³/mol. The number of rotatable bonds is 6. The number of amides is 1. The number of hydrogen-bond acceptors (Lipinski definition) is 4. The van der Waals surface area contributed by atoms with Gasteiger partial charge in [0.15, 0.2) is 18.1 Å². The summed E-state index contributed by atoms with van der Waals surface area (Å²) in [7, 11) is 0. The second-order valence-corrected chi connectivity index (χ2v) is 7.25. The molecule has 0 saturated carbocycles. The molecule has 1 N–H and O–H groups in total. The molecule has 27 heavy (non-hydrogen) atoms. The van der Waals surface area contributed by atoms with Crippen LogP contribution in [0.4, 0.5) is 0 Å². The first-order chi connectivity index (χ1) is 12.9. The van der Waals surface area contributed by atoms with E-state index in [2.05, 4.69) is 19.2 Å². The third-order valence-corrected chi connectivity index (χ3v) is 4.61. The fraction of sp³-hybridized carbons (Fsp3) is 0.409. The van der Waals surface area contributed by atoms with E-state index >= 15 is 0 Å². The summed E-state index contributed by atoms with van der Waals surface area (Å²) in [6, 6.07) is 11.7. The molecule has 0 aromatic heterocycles. The summed E-state index contributed by atoms with van der Waals surface area (Å²) in [4.78, 5) is 12.5. The average Bonchev–Trinajstić information content (AvgIpc) is 2.66. The molecule has 1 heterocycles. The molecule has 5 nitrogen and oxygen atoms in total. The summed E-state index contributed by atoms with van der Waals surface area (Å²) in [6.45, 7) is 9.21. The van der Waals surface area contributed by atoms with Crippen LogP contribution >= 0.6 is 0 Å². The highest BCUT2D eigenvalue weighted by atomic mass is 16.6. The second kappa shape index (κ2) is 8.33. The summed E-state index contributed by atoms with van der Waals surface area (Å²) < 4.78 is 17.0. The lowest BCUT2D eigenvalue weighted by Crippen LogP contribution is -2.35. The Bertz CT molecular complexity index is 816. The molecule has 0 fully saturated rings. The Morgan fingerprint density at radius 1 is 1.07 bits per heavy atom. The number of benzene rings is 2. The monoisotopic (exact) mass is 369 g/mol. The molecule has 0 saturated heterocycles. The van der Waals surface area contributed by atoms with E-state index in [1.54, 1.807) is 0 Å². The third-order valence-electron chi connectivity index (χ3n) is 4.61. The molecule has 2 aromatic rings. The van der Waals surface area contributed by atoms with E-state index < -0.39 is 0 Å². The van der Waals surface area contributed by atoms with E-state index in [1.807, 2.05) is 50.2 Å². The summed E-state index contributed by atoms with van der Waals surface area (Å²) in [6.07, 6.45) is 0. The normalized spacial score (nSPS) is 14.0. The molecule has 144 valence electrons. The Labute approximate surface area is 160 Å². The summed E-state index contributed by atoms with van der Waals surface area (Å²) in [5.41, 5.74) is 3.11. The van der Waals surface area contributed by atoms with Crippen LogP contribution in [0.25, 0.3) is 0 Å². The first kappa shape index (κ1) is 19.1. The number of carbonyl (C=O) groups excluding carboxylic acids is 1. The smallest absolute Gasteiger partial charge is 0.258 e. The van der Waals surface area contributed by atoms with Crippen LogP contribution in [0.5, 0.6) is 17.2 Å². The van der Waals surface area contributed by atoms with Crippen LogP contribution in [-0.4, -0.2) is 25.7 Å². The zero-order valence-electron chi connectivity index (χ0n) is 16.4. The van der Waals surface area contributed by atoms with Gasteiger partial charge in [0.05, 0.1) is 6.04 Å². The van der Waals surface area contributed by atoms with Crippen molar-refractivity contribution in [2.75, 3.05) is 19.8 Å². The highest BCUT2D eigenvalue weighted by Gasteiger charge is 2.21. The second-order valence-electron chi connectivity index (χ2n) is 7.25. The van der Waals surface area contributed by atoms with Crippen molar-refractivity contribution in [3.05, 3.63) is 53.1 Å². The van der Waals surface area contributed by atoms with Gasteiger partial charge in [0, 0.05) is 0 Å². The van der Waals surface area contributed by atoms with Crippen LogP contribution in [0, 0.1) is 19.8 Å². The molecule has 0 radical (unpaired) electrons. The molecule has 0 bridgehead atoms. The molecule has 1 aliphatic rings. The van der Waals surface area contributed by atoms with Gasteiger partial charge >= 0.3 is 0 Å². The number of ether oxygens (including phenoxy) is 3. The summed E-state index contributed by atoms with van der Waals surface area (Å²) in [5.74, 6) is 2.29. The minimum atomic E-state index is -0.149. The van der Waals surface area contributed by atoms with Crippen LogP contribution in [-0.2, 0) is 4.79 Å². The zero-order chi connectivity index (χ0) is 19.4. The molecule has 1 atom stereocenters. The van der Waals surface area contributed by atoms with Crippen molar-refractivity contribution in [1.29, 1.82) is 0 Å². The Morgan fingerprint density at radius 2 is 1.81 bits per heavy atom. The van der Waals surface area contributed by atoms with E-state index in [4.69, 9.17) is 14.2 Å². The molecule has 0 unspecified atom stereocenters. The van der Waals surface area contributed by atoms with Gasteiger partial charge in [-0.1, -0.05) is 32.0 Å². The highest BCUT2D eigenvalue weighted by molar-refractivity contribution is 5.78. The average molecular weight is 369 g/mol. The lowest BCUT2D eigenvalue weighted by molar-refractivity contribution is -0.124. The van der Waals surface area contributed by atoms with Gasteiger partial charge in [0.2, 0.25) is 0 Å². The number of nitrogens with one attached hydrogen (secondary N) is 1. The number of hydrogen-bond donors (Lipinski definition) is 1. The van der Waals surface area contributed by atoms with Crippen LogP contribution < -0.4 is 19.5 Å². The summed E-state index contributed by atoms with van der Waals surface area (Å²) in [5, 5.41) is 3.08. The van der Waals surface area contributed by atoms with Gasteiger partial charge in [0.25, 0.3) is 5.91 Å². The zero-order valence-corrected chi connectivity index (χ0v) is 16.4. The number of aryl methyl sites for hydroxylation is 2. The Kier molecular flexibility index (Phi) is 5.89. The van der Waals surface area contributed by atoms with Crippen LogP contribution in [0.15, 0.2) is 36.4 Å². The summed E-state index contributed by atoms with van der Waals surface area (Å²) >= 11 is 0. The highest BCUT2D eigenvalue weighted by Crippen LogP contribution is 2.34. The van der Waals surface area contributed by atoms with Gasteiger partial charge in [-0.3, -0.25) is 4.79 Å². The van der Waals surface area contributed by atoms with Gasteiger partial charge in [-0.25, -0.2) is 0 Å². The first-order valence-electron chi connectivity index (χ1n) is 9.33. The number of carbonyl (C=O) groups is 1. The fourth-order valence-corrected chi connectivity index (χ4v) is 3.11. The van der Waals surface area contributed by atoms with Gasteiger partial charge in [-0.15, -0.1) is 0 Å². The van der Waals surface area contributed by atoms with E-state index in [9.17, 15) is 4.79 Å². The molecule has 1 amide bonds. The van der Waals surface area contributed by atoms with Crippen molar-refractivity contribution in [3.8, 4) is 17.2 Å². The SMILES string of the molecule is Cc1ccc(C)c(OCC(=O)N[C@@H](c2ccc3c(c2)OCCO3)C(C)C)c1. The third kappa shape index (κ3) is 4.73. The lowest BCUT2D eigenvalue weighted by atomic mass is 9.95. The van der Waals surface area contributed by atoms with Crippen molar-refractivity contribution in [2.45, 2.75) is 33.7 Å². The molecule has 1 aliphatic heterocycles. The maximum Gasteiger partial charge on any atom is 0.258 e. The van der Waals surface area contributed by atoms with E-state index in [0.717, 1.165) is 33.9 Å². The van der Waals surface area contributed by atoms with Crippen molar-refractivity contribution >= 4 is 5.91 Å². The minimum absolute atomic E-state index is 0.0158. The van der Waals surface area contributed by atoms with Crippen molar-refractivity contribution < 1.29 is 19.0 Å². The maximum atomic E-state index is 12.5. The molecule has 2 aromatic carbocycles. The van der Waals surface area contributed by atoms with Crippen LogP contribution in [0.3, 0.4) is 0 Å². The fourth-order valence-electron chi connectivity index (χ4n) is 3.11. The minimum Gasteiger partial charge on any atom is -0.486 e. The van der Waals surface area contributed by atoms with Gasteiger partial charge in [-0.2, -0.15) is 0 Å². The van der Waals surface area contributed by atoms with E-state index in [0.29, 0.717) is 13.2 Å². The predicted octanol–water partition coefficient (Wildman–Crippen LogP) is 3.97. The Balaban J connectivity index is 1.67. The van der Waals surface area contributed by atoms with Crippen LogP contribution in [0.1, 0.15) is 36.6 Å². The van der Waals surface area contributed by atoms with Crippen molar-refractivity contribution in [2.24, 2.45) is 5.92 Å². The van der Waals surface area contributed by atoms with Crippen molar-refractivity contribution in [3.63, 3.8) is 0 Å². The molecule has 0 spiro atoms. The first-order valence-corrected chi connectivity index (χ1v) is 9.33. The Morgan fingerprint density at radius 3 is 2.56 bits per heavy atom. The van der Waals surface area contributed by atoms with Gasteiger partial charge < -0.3 is 19.5 Å². The number of fused-ring (bicyclic) bond motifs is 1. The molecule has 0 aliphatic carbocycles. The van der Waals surface area contributed by atoms with Crippen molar-refractivity contribution in [1.82, 2.24) is 5.32 Å². The van der Waals surface area contributed by atoms with Gasteiger partial charge in [0.1, 0.15) is 19.0 Å². The topological polar surface area (TPSA) is 56.8 Å². The lowest BCUT2D eigenvalue weighted by Gasteiger charge is -2.25. The largest absolute Gasteiger partial charge is 0.486 e. The molecule has 5 heteroatoms. The van der Waals surface area contributed by atoms with E-state index in [1.165, 1.54) is 0 Å². The molecular formula is C22H27NO4. The van der Waals surface area contributed by atoms with Gasteiger partial charge in [-0.05, 0) is 54.7 Å². The standard InChI is InChI=1S/C22H27NO4/c1-14(2)22(17-7-8-18-20(12-17)26-10-9-25-18)23-21(24)13-27-19-11-15(3)5-6-16(19)4/h5-8,11-12,14,22H,9-10,13H2,1-4H3,(H,23,24)/t22-/m1/s1. The maximum absolute atomic E-state index is 12.5. The quantitative estimate of drug-likeness (QED) is 0.837. The Hall–Kier alpha value is -2.69.